The quantitative estimate of drug-likeness (QED) is 0.630. The molecule has 2 aromatic heterocycles. The van der Waals surface area contributed by atoms with Crippen LogP contribution in [0.3, 0.4) is 0 Å². The molecule has 4 rings (SSSR count). The van der Waals surface area contributed by atoms with Gasteiger partial charge in [0.15, 0.2) is 5.65 Å². The Balaban J connectivity index is 1.66. The lowest BCUT2D eigenvalue weighted by atomic mass is 9.99. The van der Waals surface area contributed by atoms with Crippen LogP contribution < -0.4 is 0 Å². The molecule has 3 heterocycles. The fourth-order valence-electron chi connectivity index (χ4n) is 3.51. The monoisotopic (exact) mass is 402 g/mol. The summed E-state index contributed by atoms with van der Waals surface area (Å²) in [6, 6.07) is 4.76. The van der Waals surface area contributed by atoms with E-state index in [1.807, 2.05) is 0 Å². The average Bonchev–Trinajstić information content (AvgIpc) is 3.16. The molecule has 1 saturated heterocycles. The highest BCUT2D eigenvalue weighted by molar-refractivity contribution is 5.92. The highest BCUT2D eigenvalue weighted by Crippen LogP contribution is 2.31. The minimum atomic E-state index is -4.41. The molecule has 1 aliphatic heterocycles. The van der Waals surface area contributed by atoms with Crippen molar-refractivity contribution in [1.29, 1.82) is 0 Å². The zero-order valence-corrected chi connectivity index (χ0v) is 15.3. The second-order valence-electron chi connectivity index (χ2n) is 7.01. The second kappa shape index (κ2) is 7.31. The number of fused-ring (bicyclic) bond motifs is 1. The van der Waals surface area contributed by atoms with Crippen molar-refractivity contribution in [3.05, 3.63) is 54.1 Å². The van der Waals surface area contributed by atoms with Gasteiger partial charge in [-0.3, -0.25) is 9.20 Å². The molecule has 1 unspecified atom stereocenters. The van der Waals surface area contributed by atoms with E-state index >= 15 is 0 Å². The van der Waals surface area contributed by atoms with Crippen LogP contribution in [0, 0.1) is 5.92 Å². The fraction of sp³-hybridized carbons (Fsp3) is 0.300. The van der Waals surface area contributed by atoms with Crippen molar-refractivity contribution in [2.75, 3.05) is 13.1 Å². The molecule has 1 aliphatic rings. The Kier molecular flexibility index (Phi) is 4.81. The largest absolute Gasteiger partial charge is 0.416 e. The zero-order chi connectivity index (χ0) is 20.6. The summed E-state index contributed by atoms with van der Waals surface area (Å²) in [7, 11) is 0. The maximum absolute atomic E-state index is 12.8. The van der Waals surface area contributed by atoms with Crippen molar-refractivity contribution in [2.24, 2.45) is 5.92 Å². The maximum Gasteiger partial charge on any atom is 0.416 e. The Morgan fingerprint density at radius 1 is 1.14 bits per heavy atom. The van der Waals surface area contributed by atoms with Crippen LogP contribution in [0.4, 0.5) is 13.2 Å². The topological polar surface area (TPSA) is 67.6 Å². The first-order valence-corrected chi connectivity index (χ1v) is 9.12. The van der Waals surface area contributed by atoms with Gasteiger partial charge in [0, 0.05) is 30.8 Å². The third-order valence-corrected chi connectivity index (χ3v) is 5.06. The van der Waals surface area contributed by atoms with Gasteiger partial charge in [-0.1, -0.05) is 12.1 Å². The van der Waals surface area contributed by atoms with Gasteiger partial charge in [-0.05, 0) is 25.0 Å². The average molecular weight is 402 g/mol. The van der Waals surface area contributed by atoms with Crippen LogP contribution in [0.5, 0.6) is 0 Å². The van der Waals surface area contributed by atoms with Gasteiger partial charge < -0.3 is 9.69 Å². The van der Waals surface area contributed by atoms with Gasteiger partial charge in [-0.2, -0.15) is 13.2 Å². The van der Waals surface area contributed by atoms with E-state index in [1.54, 1.807) is 9.30 Å². The molecule has 0 bridgehead atoms. The van der Waals surface area contributed by atoms with Crippen LogP contribution in [0.15, 0.2) is 42.9 Å². The summed E-state index contributed by atoms with van der Waals surface area (Å²) in [6.07, 6.45) is 2.48. The number of amides is 1. The Morgan fingerprint density at radius 2 is 1.90 bits per heavy atom. The Hall–Kier alpha value is -3.23. The number of likely N-dealkylation sites (tertiary alicyclic amines) is 1. The summed E-state index contributed by atoms with van der Waals surface area (Å²) in [5.41, 5.74) is 1.02. The number of halogens is 3. The van der Waals surface area contributed by atoms with E-state index in [4.69, 9.17) is 0 Å². The predicted molar refractivity (Wildman–Crippen MR) is 98.1 cm³/mol. The Bertz CT molecular complexity index is 1060. The molecule has 3 aromatic rings. The molecule has 9 heteroatoms. The second-order valence-corrected chi connectivity index (χ2v) is 7.01. The van der Waals surface area contributed by atoms with E-state index in [2.05, 4.69) is 9.97 Å². The molecule has 1 fully saturated rings. The predicted octanol–water partition coefficient (Wildman–Crippen LogP) is 3.47. The summed E-state index contributed by atoms with van der Waals surface area (Å²) in [5.74, 6) is -0.460. The normalized spacial score (nSPS) is 17.5. The summed E-state index contributed by atoms with van der Waals surface area (Å²) < 4.78 is 40.0. The molecular weight excluding hydrogens is 385 g/mol. The van der Waals surface area contributed by atoms with E-state index in [0.717, 1.165) is 31.3 Å². The number of piperidine rings is 1. The first kappa shape index (κ1) is 19.1. The van der Waals surface area contributed by atoms with Crippen LogP contribution in [-0.4, -0.2) is 44.6 Å². The number of rotatable bonds is 3. The molecule has 0 saturated carbocycles. The Labute approximate surface area is 164 Å². The first-order chi connectivity index (χ1) is 13.9. The molecule has 0 aliphatic carbocycles. The third-order valence-electron chi connectivity index (χ3n) is 5.06. The molecule has 1 aromatic carbocycles. The van der Waals surface area contributed by atoms with Crippen LogP contribution >= 0.6 is 0 Å². The van der Waals surface area contributed by atoms with Crippen molar-refractivity contribution in [1.82, 2.24) is 19.3 Å². The Morgan fingerprint density at radius 3 is 2.59 bits per heavy atom. The summed E-state index contributed by atoms with van der Waals surface area (Å²) >= 11 is 0. The van der Waals surface area contributed by atoms with Crippen LogP contribution in [0.25, 0.3) is 16.9 Å². The molecule has 0 radical (unpaired) electrons. The smallest absolute Gasteiger partial charge is 0.337 e. The van der Waals surface area contributed by atoms with Crippen LogP contribution in [0.2, 0.25) is 0 Å². The lowest BCUT2D eigenvalue weighted by molar-refractivity contribution is -0.137. The number of carbonyl (C=O) groups is 2. The molecular formula is C20H17F3N4O2. The molecule has 6 nitrogen and oxygen atoms in total. The number of aldehydes is 1. The highest BCUT2D eigenvalue weighted by atomic mass is 19.4. The number of carbonyl (C=O) groups excluding carboxylic acids is 2. The van der Waals surface area contributed by atoms with Crippen LogP contribution in [0.1, 0.15) is 28.9 Å². The van der Waals surface area contributed by atoms with E-state index in [-0.39, 0.29) is 17.5 Å². The van der Waals surface area contributed by atoms with Crippen molar-refractivity contribution in [3.63, 3.8) is 0 Å². The number of benzene rings is 1. The van der Waals surface area contributed by atoms with Crippen molar-refractivity contribution >= 4 is 17.8 Å². The summed E-state index contributed by atoms with van der Waals surface area (Å²) in [6.45, 7) is 0.913. The number of alkyl halides is 3. The highest BCUT2D eigenvalue weighted by Gasteiger charge is 2.30. The third kappa shape index (κ3) is 3.72. The molecule has 0 spiro atoms. The van der Waals surface area contributed by atoms with Crippen LogP contribution in [-0.2, 0) is 11.0 Å². The molecule has 0 N–H and O–H groups in total. The van der Waals surface area contributed by atoms with Crippen molar-refractivity contribution in [2.45, 2.75) is 19.0 Å². The van der Waals surface area contributed by atoms with Gasteiger partial charge >= 0.3 is 6.18 Å². The molecule has 1 amide bonds. The van der Waals surface area contributed by atoms with E-state index in [0.29, 0.717) is 30.0 Å². The van der Waals surface area contributed by atoms with Crippen molar-refractivity contribution in [3.8, 4) is 11.3 Å². The van der Waals surface area contributed by atoms with E-state index in [9.17, 15) is 22.8 Å². The van der Waals surface area contributed by atoms with Gasteiger partial charge in [0.2, 0.25) is 0 Å². The minimum absolute atomic E-state index is 0.174. The van der Waals surface area contributed by atoms with Crippen molar-refractivity contribution < 1.29 is 22.8 Å². The maximum atomic E-state index is 12.8. The molecule has 150 valence electrons. The lowest BCUT2D eigenvalue weighted by Gasteiger charge is -2.29. The minimum Gasteiger partial charge on any atom is -0.337 e. The zero-order valence-electron chi connectivity index (χ0n) is 15.3. The number of imidazole rings is 1. The number of hydrogen-bond donors (Lipinski definition) is 0. The van der Waals surface area contributed by atoms with Gasteiger partial charge in [-0.15, -0.1) is 0 Å². The number of aromatic nitrogens is 3. The lowest BCUT2D eigenvalue weighted by Crippen LogP contribution is -2.40. The van der Waals surface area contributed by atoms with E-state index < -0.39 is 11.7 Å². The van der Waals surface area contributed by atoms with E-state index in [1.165, 1.54) is 30.7 Å². The SMILES string of the molecule is O=CC1CCCN(C(=O)c2cn3c(-c4ccc(C(F)(F)F)cc4)cnc3cn2)C1. The standard InChI is InChI=1S/C20H17F3N4O2/c21-20(22,23)15-5-3-14(4-6-15)17-8-25-18-9-24-16(11-27(17)18)19(29)26-7-1-2-13(10-26)12-28/h3-6,8-9,11-13H,1-2,7,10H2. The van der Waals surface area contributed by atoms with Gasteiger partial charge in [0.05, 0.1) is 23.7 Å². The number of hydrogen-bond acceptors (Lipinski definition) is 4. The van der Waals surface area contributed by atoms with Gasteiger partial charge in [-0.25, -0.2) is 9.97 Å². The number of nitrogens with zero attached hydrogens (tertiary/aromatic N) is 4. The molecule has 29 heavy (non-hydrogen) atoms. The summed E-state index contributed by atoms with van der Waals surface area (Å²) in [4.78, 5) is 33.9. The molecule has 1 atom stereocenters. The van der Waals surface area contributed by atoms with Gasteiger partial charge in [0.25, 0.3) is 5.91 Å². The fourth-order valence-corrected chi connectivity index (χ4v) is 3.51. The first-order valence-electron chi connectivity index (χ1n) is 9.12. The summed E-state index contributed by atoms with van der Waals surface area (Å²) in [5, 5.41) is 0. The van der Waals surface area contributed by atoms with Gasteiger partial charge in [0.1, 0.15) is 12.0 Å².